The maximum Gasteiger partial charge on any atom is 0.354 e. The third kappa shape index (κ3) is 2.92. The lowest BCUT2D eigenvalue weighted by molar-refractivity contribution is 0.0541. The molecule has 0 aliphatic heterocycles. The SMILES string of the molecule is Cc1nn(C(F)F)c(C)c1NC(=O)c1ccc(C(=O)O)nc1. The van der Waals surface area contributed by atoms with Gasteiger partial charge in [-0.05, 0) is 26.0 Å². The van der Waals surface area contributed by atoms with Gasteiger partial charge in [-0.15, -0.1) is 0 Å². The number of nitrogens with one attached hydrogen (secondary N) is 1. The fraction of sp³-hybridized carbons (Fsp3) is 0.231. The normalized spacial score (nSPS) is 10.8. The zero-order valence-electron chi connectivity index (χ0n) is 11.7. The number of carbonyl (C=O) groups excluding carboxylic acids is 1. The Morgan fingerprint density at radius 3 is 2.45 bits per heavy atom. The highest BCUT2D eigenvalue weighted by molar-refractivity contribution is 6.05. The number of nitrogens with zero attached hydrogens (tertiary/aromatic N) is 3. The molecule has 7 nitrogen and oxygen atoms in total. The molecule has 9 heteroatoms. The molecular weight excluding hydrogens is 298 g/mol. The van der Waals surface area contributed by atoms with E-state index in [1.807, 2.05) is 0 Å². The fourth-order valence-corrected chi connectivity index (χ4v) is 1.87. The number of anilines is 1. The Labute approximate surface area is 123 Å². The van der Waals surface area contributed by atoms with E-state index in [0.29, 0.717) is 4.68 Å². The van der Waals surface area contributed by atoms with Gasteiger partial charge in [0, 0.05) is 6.20 Å². The lowest BCUT2D eigenvalue weighted by Gasteiger charge is -2.06. The molecule has 0 aliphatic rings. The smallest absolute Gasteiger partial charge is 0.354 e. The predicted molar refractivity (Wildman–Crippen MR) is 72.1 cm³/mol. The second kappa shape index (κ2) is 5.88. The highest BCUT2D eigenvalue weighted by Crippen LogP contribution is 2.24. The van der Waals surface area contributed by atoms with E-state index in [-0.39, 0.29) is 28.3 Å². The number of rotatable bonds is 4. The zero-order valence-corrected chi connectivity index (χ0v) is 11.7. The largest absolute Gasteiger partial charge is 0.477 e. The molecule has 116 valence electrons. The van der Waals surface area contributed by atoms with Crippen LogP contribution < -0.4 is 5.32 Å². The van der Waals surface area contributed by atoms with Crippen LogP contribution in [-0.4, -0.2) is 31.7 Å². The molecule has 2 N–H and O–H groups in total. The molecule has 0 atom stereocenters. The van der Waals surface area contributed by atoms with Gasteiger partial charge in [-0.1, -0.05) is 0 Å². The van der Waals surface area contributed by atoms with Crippen molar-refractivity contribution in [3.8, 4) is 0 Å². The van der Waals surface area contributed by atoms with Crippen LogP contribution in [0.15, 0.2) is 18.3 Å². The van der Waals surface area contributed by atoms with Gasteiger partial charge in [0.15, 0.2) is 0 Å². The van der Waals surface area contributed by atoms with E-state index in [9.17, 15) is 18.4 Å². The topological polar surface area (TPSA) is 97.1 Å². The van der Waals surface area contributed by atoms with Gasteiger partial charge in [0.25, 0.3) is 5.91 Å². The Kier molecular flexibility index (Phi) is 4.15. The standard InChI is InChI=1S/C13H12F2N4O3/c1-6-10(7(2)19(18-6)13(14)15)17-11(20)8-3-4-9(12(21)22)16-5-8/h3-5,13H,1-2H3,(H,17,20)(H,21,22). The van der Waals surface area contributed by atoms with Crippen LogP contribution in [0.5, 0.6) is 0 Å². The Bertz CT molecular complexity index is 726. The summed E-state index contributed by atoms with van der Waals surface area (Å²) >= 11 is 0. The lowest BCUT2D eigenvalue weighted by atomic mass is 10.2. The van der Waals surface area contributed by atoms with Crippen molar-refractivity contribution in [2.45, 2.75) is 20.4 Å². The molecule has 2 rings (SSSR count). The number of alkyl halides is 2. The summed E-state index contributed by atoms with van der Waals surface area (Å²) in [6.07, 6.45) is 1.10. The molecule has 0 aromatic carbocycles. The third-order valence-electron chi connectivity index (χ3n) is 2.99. The number of halogens is 2. The minimum atomic E-state index is -2.80. The number of aromatic carboxylic acids is 1. The molecule has 1 amide bonds. The minimum Gasteiger partial charge on any atom is -0.477 e. The summed E-state index contributed by atoms with van der Waals surface area (Å²) in [6.45, 7) is 0.0988. The van der Waals surface area contributed by atoms with Gasteiger partial charge < -0.3 is 10.4 Å². The van der Waals surface area contributed by atoms with Gasteiger partial charge in [0.1, 0.15) is 5.69 Å². The number of carboxylic acids is 1. The average Bonchev–Trinajstić information content (AvgIpc) is 2.75. The average molecular weight is 310 g/mol. The molecule has 0 unspecified atom stereocenters. The minimum absolute atomic E-state index is 0.105. The first-order chi connectivity index (χ1) is 10.3. The molecule has 22 heavy (non-hydrogen) atoms. The van der Waals surface area contributed by atoms with Crippen LogP contribution in [0.3, 0.4) is 0 Å². The van der Waals surface area contributed by atoms with E-state index in [4.69, 9.17) is 5.11 Å². The summed E-state index contributed by atoms with van der Waals surface area (Å²) in [5.74, 6) is -1.80. The van der Waals surface area contributed by atoms with Crippen molar-refractivity contribution in [2.75, 3.05) is 5.32 Å². The zero-order chi connectivity index (χ0) is 16.4. The quantitative estimate of drug-likeness (QED) is 0.902. The van der Waals surface area contributed by atoms with E-state index in [0.717, 1.165) is 6.20 Å². The molecule has 0 radical (unpaired) electrons. The number of aromatic nitrogens is 3. The third-order valence-corrected chi connectivity index (χ3v) is 2.99. The van der Waals surface area contributed by atoms with Crippen LogP contribution in [0.25, 0.3) is 0 Å². The van der Waals surface area contributed by atoms with Crippen LogP contribution in [0, 0.1) is 13.8 Å². The summed E-state index contributed by atoms with van der Waals surface area (Å²) in [5, 5.41) is 14.9. The molecule has 2 aromatic rings. The van der Waals surface area contributed by atoms with Crippen molar-refractivity contribution in [1.82, 2.24) is 14.8 Å². The monoisotopic (exact) mass is 310 g/mol. The first-order valence-electron chi connectivity index (χ1n) is 6.15. The van der Waals surface area contributed by atoms with Gasteiger partial charge in [-0.25, -0.2) is 14.5 Å². The van der Waals surface area contributed by atoms with Crippen LogP contribution in [0.1, 0.15) is 38.8 Å². The first kappa shape index (κ1) is 15.5. The molecule has 0 bridgehead atoms. The number of hydrogen-bond donors (Lipinski definition) is 2. The number of hydrogen-bond acceptors (Lipinski definition) is 4. The highest BCUT2D eigenvalue weighted by atomic mass is 19.3. The molecule has 2 aromatic heterocycles. The van der Waals surface area contributed by atoms with Crippen LogP contribution in [-0.2, 0) is 0 Å². The molecule has 0 spiro atoms. The Hall–Kier alpha value is -2.84. The number of carboxylic acid groups (broad SMARTS) is 1. The van der Waals surface area contributed by atoms with E-state index >= 15 is 0 Å². The summed E-state index contributed by atoms with van der Waals surface area (Å²) in [4.78, 5) is 26.4. The summed E-state index contributed by atoms with van der Waals surface area (Å²) < 4.78 is 26.0. The lowest BCUT2D eigenvalue weighted by Crippen LogP contribution is -2.14. The molecule has 0 aliphatic carbocycles. The van der Waals surface area contributed by atoms with Crippen LogP contribution >= 0.6 is 0 Å². The Morgan fingerprint density at radius 2 is 2.00 bits per heavy atom. The molecule has 0 fully saturated rings. The van der Waals surface area contributed by atoms with Gasteiger partial charge in [-0.3, -0.25) is 4.79 Å². The van der Waals surface area contributed by atoms with Gasteiger partial charge in [0.2, 0.25) is 0 Å². The van der Waals surface area contributed by atoms with Crippen molar-refractivity contribution in [3.63, 3.8) is 0 Å². The maximum absolute atomic E-state index is 12.7. The number of aryl methyl sites for hydroxylation is 1. The highest BCUT2D eigenvalue weighted by Gasteiger charge is 2.19. The van der Waals surface area contributed by atoms with Gasteiger partial charge in [-0.2, -0.15) is 13.9 Å². The second-order valence-corrected chi connectivity index (χ2v) is 4.46. The first-order valence-corrected chi connectivity index (χ1v) is 6.15. The van der Waals surface area contributed by atoms with Crippen molar-refractivity contribution in [2.24, 2.45) is 0 Å². The van der Waals surface area contributed by atoms with Crippen LogP contribution in [0.2, 0.25) is 0 Å². The predicted octanol–water partition coefficient (Wildman–Crippen LogP) is 2.24. The van der Waals surface area contributed by atoms with E-state index in [1.165, 1.54) is 26.0 Å². The molecule has 0 saturated heterocycles. The summed E-state index contributed by atoms with van der Waals surface area (Å²) in [6, 6.07) is 2.47. The van der Waals surface area contributed by atoms with Crippen molar-refractivity contribution in [1.29, 1.82) is 0 Å². The van der Waals surface area contributed by atoms with E-state index < -0.39 is 18.4 Å². The maximum atomic E-state index is 12.7. The summed E-state index contributed by atoms with van der Waals surface area (Å²) in [5.41, 5.74) is 0.466. The number of amides is 1. The molecule has 0 saturated carbocycles. The second-order valence-electron chi connectivity index (χ2n) is 4.46. The molecular formula is C13H12F2N4O3. The van der Waals surface area contributed by atoms with E-state index in [2.05, 4.69) is 15.4 Å². The van der Waals surface area contributed by atoms with Crippen molar-refractivity contribution >= 4 is 17.6 Å². The molecule has 2 heterocycles. The van der Waals surface area contributed by atoms with Crippen LogP contribution in [0.4, 0.5) is 14.5 Å². The fourth-order valence-electron chi connectivity index (χ4n) is 1.87. The number of pyridine rings is 1. The van der Waals surface area contributed by atoms with Crippen molar-refractivity contribution < 1.29 is 23.5 Å². The van der Waals surface area contributed by atoms with Gasteiger partial charge >= 0.3 is 12.5 Å². The van der Waals surface area contributed by atoms with E-state index in [1.54, 1.807) is 0 Å². The number of carbonyl (C=O) groups is 2. The van der Waals surface area contributed by atoms with Crippen molar-refractivity contribution in [3.05, 3.63) is 41.0 Å². The Balaban J connectivity index is 2.24. The Morgan fingerprint density at radius 1 is 1.32 bits per heavy atom. The summed E-state index contributed by atoms with van der Waals surface area (Å²) in [7, 11) is 0. The van der Waals surface area contributed by atoms with Gasteiger partial charge in [0.05, 0.1) is 22.6 Å².